The van der Waals surface area contributed by atoms with E-state index in [-0.39, 0.29) is 31.4 Å². The zero-order valence-corrected chi connectivity index (χ0v) is 22.8. The van der Waals surface area contributed by atoms with E-state index in [4.69, 9.17) is 33.9 Å². The Kier molecular flexibility index (Phi) is 20.8. The first-order valence-corrected chi connectivity index (χ1v) is 14.1. The lowest BCUT2D eigenvalue weighted by Gasteiger charge is -2.22. The molecule has 0 radical (unpaired) electrons. The van der Waals surface area contributed by atoms with E-state index in [2.05, 4.69) is 15.3 Å². The molecule has 38 heavy (non-hydrogen) atoms. The van der Waals surface area contributed by atoms with Crippen LogP contribution in [-0.4, -0.2) is 118 Å². The SMILES string of the molecule is [N-]=[N+]=NCCOCCOCCOCCOCCC(=O)NCCCCCC(=O)N1C[C@H](O[PH](=O)O)C[C@H]1CO. The summed E-state index contributed by atoms with van der Waals surface area (Å²) in [6.07, 6.45) is 2.52. The molecule has 2 amide bonds. The van der Waals surface area contributed by atoms with Gasteiger partial charge in [-0.2, -0.15) is 0 Å². The fourth-order valence-electron chi connectivity index (χ4n) is 3.69. The van der Waals surface area contributed by atoms with Gasteiger partial charge in [0.25, 0.3) is 0 Å². The van der Waals surface area contributed by atoms with Crippen LogP contribution in [0.25, 0.3) is 10.4 Å². The summed E-state index contributed by atoms with van der Waals surface area (Å²) in [6, 6.07) is -0.393. The van der Waals surface area contributed by atoms with Crippen molar-refractivity contribution in [3.63, 3.8) is 0 Å². The average molecular weight is 568 g/mol. The molecule has 0 aromatic heterocycles. The third kappa shape index (κ3) is 17.7. The summed E-state index contributed by atoms with van der Waals surface area (Å²) in [5.41, 5.74) is 8.12. The second-order valence-corrected chi connectivity index (χ2v) is 9.21. The highest BCUT2D eigenvalue weighted by atomic mass is 31.1. The number of rotatable bonds is 24. The molecule has 0 saturated carbocycles. The average Bonchev–Trinajstić information content (AvgIpc) is 3.30. The zero-order chi connectivity index (χ0) is 27.8. The third-order valence-electron chi connectivity index (χ3n) is 5.55. The summed E-state index contributed by atoms with van der Waals surface area (Å²) in [4.78, 5) is 37.3. The maximum Gasteiger partial charge on any atom is 0.316 e. The number of carbonyl (C=O) groups excluding carboxylic acids is 2. The Bertz CT molecular complexity index is 729. The van der Waals surface area contributed by atoms with Crippen molar-refractivity contribution in [2.24, 2.45) is 5.11 Å². The van der Waals surface area contributed by atoms with Crippen LogP contribution in [0.5, 0.6) is 0 Å². The van der Waals surface area contributed by atoms with Gasteiger partial charge in [-0.25, -0.2) is 0 Å². The van der Waals surface area contributed by atoms with E-state index in [9.17, 15) is 19.3 Å². The molecular weight excluding hydrogens is 525 g/mol. The minimum atomic E-state index is -3.08. The molecule has 1 aliphatic heterocycles. The molecular formula is C22H42N5O10P. The van der Waals surface area contributed by atoms with Gasteiger partial charge in [0.1, 0.15) is 0 Å². The molecule has 0 aromatic carbocycles. The Morgan fingerprint density at radius 3 is 2.21 bits per heavy atom. The first-order chi connectivity index (χ1) is 18.5. The maximum atomic E-state index is 12.4. The smallest absolute Gasteiger partial charge is 0.316 e. The van der Waals surface area contributed by atoms with Gasteiger partial charge in [-0.05, 0) is 24.8 Å². The van der Waals surface area contributed by atoms with Crippen molar-refractivity contribution < 1.29 is 47.6 Å². The van der Waals surface area contributed by atoms with Crippen molar-refractivity contribution in [2.45, 2.75) is 50.7 Å². The number of nitrogens with zero attached hydrogens (tertiary/aromatic N) is 4. The molecule has 1 saturated heterocycles. The van der Waals surface area contributed by atoms with Crippen molar-refractivity contribution in [3.8, 4) is 0 Å². The normalized spacial score (nSPS) is 17.8. The van der Waals surface area contributed by atoms with Crippen LogP contribution in [0.3, 0.4) is 0 Å². The molecule has 1 aliphatic rings. The van der Waals surface area contributed by atoms with Gasteiger partial charge in [0.05, 0.1) is 71.6 Å². The zero-order valence-electron chi connectivity index (χ0n) is 21.8. The molecule has 3 N–H and O–H groups in total. The minimum Gasteiger partial charge on any atom is -0.394 e. The van der Waals surface area contributed by atoms with E-state index in [0.717, 1.165) is 12.8 Å². The fourth-order valence-corrected chi connectivity index (χ4v) is 4.15. The van der Waals surface area contributed by atoms with E-state index >= 15 is 0 Å². The Labute approximate surface area is 223 Å². The number of ether oxygens (including phenoxy) is 4. The summed E-state index contributed by atoms with van der Waals surface area (Å²) in [7, 11) is -3.08. The van der Waals surface area contributed by atoms with Crippen molar-refractivity contribution >= 4 is 20.1 Å². The summed E-state index contributed by atoms with van der Waals surface area (Å²) < 4.78 is 37.1. The number of azide groups is 1. The number of hydrogen-bond acceptors (Lipinski definition) is 10. The highest BCUT2D eigenvalue weighted by Crippen LogP contribution is 2.28. The van der Waals surface area contributed by atoms with E-state index in [1.54, 1.807) is 0 Å². The van der Waals surface area contributed by atoms with Crippen LogP contribution >= 0.6 is 8.25 Å². The van der Waals surface area contributed by atoms with Gasteiger partial charge in [-0.3, -0.25) is 14.2 Å². The second kappa shape index (κ2) is 23.1. The number of unbranched alkanes of at least 4 members (excludes halogenated alkanes) is 2. The van der Waals surface area contributed by atoms with Crippen LogP contribution in [0.4, 0.5) is 0 Å². The number of aliphatic hydroxyl groups is 1. The van der Waals surface area contributed by atoms with Crippen LogP contribution in [0.2, 0.25) is 0 Å². The molecule has 1 fully saturated rings. The predicted octanol–water partition coefficient (Wildman–Crippen LogP) is 0.790. The topological polar surface area (TPSA) is 202 Å². The van der Waals surface area contributed by atoms with Crippen molar-refractivity contribution in [1.29, 1.82) is 0 Å². The third-order valence-corrected chi connectivity index (χ3v) is 6.09. The maximum absolute atomic E-state index is 12.4. The lowest BCUT2D eigenvalue weighted by atomic mass is 10.1. The van der Waals surface area contributed by atoms with Gasteiger partial charge in [0, 0.05) is 37.4 Å². The van der Waals surface area contributed by atoms with Gasteiger partial charge in [-0.15, -0.1) is 0 Å². The van der Waals surface area contributed by atoms with Crippen LogP contribution in [0, 0.1) is 0 Å². The van der Waals surface area contributed by atoms with Gasteiger partial charge >= 0.3 is 8.25 Å². The molecule has 0 spiro atoms. The van der Waals surface area contributed by atoms with Gasteiger partial charge < -0.3 is 43.7 Å². The number of hydrogen-bond donors (Lipinski definition) is 3. The van der Waals surface area contributed by atoms with Gasteiger partial charge in [0.15, 0.2) is 0 Å². The van der Waals surface area contributed by atoms with E-state index in [1.165, 1.54) is 4.90 Å². The predicted molar refractivity (Wildman–Crippen MR) is 137 cm³/mol. The fraction of sp³-hybridized carbons (Fsp3) is 0.909. The van der Waals surface area contributed by atoms with Crippen LogP contribution in [0.15, 0.2) is 5.11 Å². The Morgan fingerprint density at radius 2 is 1.61 bits per heavy atom. The molecule has 0 bridgehead atoms. The van der Waals surface area contributed by atoms with Crippen molar-refractivity contribution in [1.82, 2.24) is 10.2 Å². The Hall–Kier alpha value is -1.80. The second-order valence-electron chi connectivity index (χ2n) is 8.44. The number of likely N-dealkylation sites (tertiary alicyclic amines) is 1. The standard InChI is InChI=1S/C22H42N5O10P/c23-26-25-7-9-34-11-13-36-15-14-35-12-10-33-8-5-21(29)24-6-3-1-2-4-22(30)27-17-20(37-38(31)32)16-19(27)18-28/h19-20,28,38H,1-18H2,(H,24,29)(H,31,32)/t19-,20+/m0/s1. The van der Waals surface area contributed by atoms with Crippen LogP contribution in [0.1, 0.15) is 38.5 Å². The lowest BCUT2D eigenvalue weighted by molar-refractivity contribution is -0.133. The number of carbonyl (C=O) groups is 2. The van der Waals surface area contributed by atoms with Gasteiger partial charge in [0.2, 0.25) is 11.8 Å². The van der Waals surface area contributed by atoms with Gasteiger partial charge in [-0.1, -0.05) is 11.5 Å². The first-order valence-electron chi connectivity index (χ1n) is 12.9. The largest absolute Gasteiger partial charge is 0.394 e. The minimum absolute atomic E-state index is 0.103. The summed E-state index contributed by atoms with van der Waals surface area (Å²) >= 11 is 0. The summed E-state index contributed by atoms with van der Waals surface area (Å²) in [6.45, 7) is 3.96. The monoisotopic (exact) mass is 567 g/mol. The molecule has 3 atom stereocenters. The Balaban J connectivity index is 1.89. The Morgan fingerprint density at radius 1 is 0.974 bits per heavy atom. The number of nitrogens with one attached hydrogen (secondary N) is 1. The molecule has 0 aliphatic carbocycles. The summed E-state index contributed by atoms with van der Waals surface area (Å²) in [5.74, 6) is -0.218. The van der Waals surface area contributed by atoms with E-state index < -0.39 is 20.4 Å². The van der Waals surface area contributed by atoms with Crippen LogP contribution in [-0.2, 0) is 37.6 Å². The molecule has 0 aromatic rings. The molecule has 220 valence electrons. The quantitative estimate of drug-likeness (QED) is 0.0492. The lowest BCUT2D eigenvalue weighted by Crippen LogP contribution is -2.37. The molecule has 16 heteroatoms. The summed E-state index contributed by atoms with van der Waals surface area (Å²) in [5, 5.41) is 15.6. The number of aliphatic hydroxyl groups excluding tert-OH is 1. The molecule has 15 nitrogen and oxygen atoms in total. The molecule has 1 unspecified atom stereocenters. The van der Waals surface area contributed by atoms with E-state index in [0.29, 0.717) is 85.2 Å². The van der Waals surface area contributed by atoms with E-state index in [1.807, 2.05) is 0 Å². The first kappa shape index (κ1) is 34.2. The highest BCUT2D eigenvalue weighted by Gasteiger charge is 2.35. The van der Waals surface area contributed by atoms with Crippen molar-refractivity contribution in [2.75, 3.05) is 79.1 Å². The number of amides is 2. The molecule has 1 rings (SSSR count). The van der Waals surface area contributed by atoms with Crippen molar-refractivity contribution in [3.05, 3.63) is 10.4 Å². The van der Waals surface area contributed by atoms with Crippen LogP contribution < -0.4 is 5.32 Å². The highest BCUT2D eigenvalue weighted by molar-refractivity contribution is 7.32. The molecule has 1 heterocycles.